The van der Waals surface area contributed by atoms with E-state index in [0.717, 1.165) is 12.1 Å². The van der Waals surface area contributed by atoms with Crippen LogP contribution in [0.5, 0.6) is 0 Å². The van der Waals surface area contributed by atoms with Gasteiger partial charge in [-0.25, -0.2) is 4.79 Å². The number of nitro benzene ring substituents is 2. The summed E-state index contributed by atoms with van der Waals surface area (Å²) in [6, 6.07) is 7.49. The topological polar surface area (TPSA) is 156 Å². The summed E-state index contributed by atoms with van der Waals surface area (Å²) in [4.78, 5) is 47.0. The molecule has 1 atom stereocenters. The van der Waals surface area contributed by atoms with Gasteiger partial charge in [0.1, 0.15) is 11.3 Å². The molecule has 1 unspecified atom stereocenters. The summed E-state index contributed by atoms with van der Waals surface area (Å²) >= 11 is 6.28. The van der Waals surface area contributed by atoms with Crippen LogP contribution in [0.15, 0.2) is 45.3 Å². The second-order valence-corrected chi connectivity index (χ2v) is 10.9. The fourth-order valence-corrected chi connectivity index (χ4v) is 4.23. The Morgan fingerprint density at radius 2 is 1.61 bits per heavy atom. The zero-order chi connectivity index (χ0) is 28.8. The van der Waals surface area contributed by atoms with Gasteiger partial charge in [0.05, 0.1) is 22.3 Å². The van der Waals surface area contributed by atoms with Crippen molar-refractivity contribution in [2.45, 2.75) is 38.8 Å². The molecule has 2 aromatic rings. The van der Waals surface area contributed by atoms with Crippen molar-refractivity contribution in [1.29, 1.82) is 0 Å². The molecule has 3 rings (SSSR count). The molecule has 12 nitrogen and oxygen atoms in total. The predicted molar refractivity (Wildman–Crippen MR) is 143 cm³/mol. The molecule has 1 aliphatic heterocycles. The highest BCUT2D eigenvalue weighted by Gasteiger charge is 2.35. The Balaban J connectivity index is 0.000000384. The first-order chi connectivity index (χ1) is 17.6. The van der Waals surface area contributed by atoms with Gasteiger partial charge in [-0.3, -0.25) is 25.0 Å². The SMILES string of the molecule is CC(C)(C)OC(=O)N1CCN(c2cc(Br)ccc2[N+](=O)[O-])C(CC(=O)O)C1.O=[N+]([O-])c1ccc(Br)cc1F. The average Bonchev–Trinajstić information content (AvgIpc) is 2.77. The molecule has 0 aromatic heterocycles. The number of carboxylic acids is 1. The molecule has 0 saturated carbocycles. The lowest BCUT2D eigenvalue weighted by molar-refractivity contribution is -0.387. The molecular weight excluding hydrogens is 639 g/mol. The van der Waals surface area contributed by atoms with Gasteiger partial charge < -0.3 is 19.6 Å². The third-order valence-electron chi connectivity index (χ3n) is 5.09. The summed E-state index contributed by atoms with van der Waals surface area (Å²) in [5.74, 6) is -1.88. The molecule has 2 aromatic carbocycles. The van der Waals surface area contributed by atoms with Crippen molar-refractivity contribution in [1.82, 2.24) is 4.90 Å². The van der Waals surface area contributed by atoms with Crippen LogP contribution < -0.4 is 4.90 Å². The van der Waals surface area contributed by atoms with Crippen LogP contribution in [-0.4, -0.2) is 63.2 Å². The zero-order valence-corrected chi connectivity index (χ0v) is 23.8. The minimum absolute atomic E-state index is 0.102. The van der Waals surface area contributed by atoms with Crippen molar-refractivity contribution in [2.24, 2.45) is 0 Å². The molecule has 1 amide bonds. The standard InChI is InChI=1S/C17H22BrN3O6.C6H3BrFNO2/c1-17(2,3)27-16(24)19-6-7-20(12(10-19)9-15(22)23)14-8-11(18)4-5-13(14)21(25)26;7-4-1-2-6(9(10)11)5(8)3-4/h4-5,8,12H,6-7,9-10H2,1-3H3,(H,22,23);1-3H. The molecule has 0 bridgehead atoms. The fourth-order valence-electron chi connectivity index (χ4n) is 3.55. The Labute approximate surface area is 233 Å². The number of amides is 1. The number of carboxylic acid groups (broad SMARTS) is 1. The summed E-state index contributed by atoms with van der Waals surface area (Å²) in [6.07, 6.45) is -0.788. The molecule has 15 heteroatoms. The van der Waals surface area contributed by atoms with Gasteiger partial charge in [0.2, 0.25) is 5.82 Å². The largest absolute Gasteiger partial charge is 0.481 e. The van der Waals surface area contributed by atoms with Crippen molar-refractivity contribution in [3.05, 3.63) is 71.4 Å². The predicted octanol–water partition coefficient (Wildman–Crippen LogP) is 5.75. The molecule has 1 N–H and O–H groups in total. The van der Waals surface area contributed by atoms with E-state index in [2.05, 4.69) is 31.9 Å². The lowest BCUT2D eigenvalue weighted by Crippen LogP contribution is -2.56. The maximum atomic E-state index is 12.6. The van der Waals surface area contributed by atoms with Crippen molar-refractivity contribution < 1.29 is 33.7 Å². The summed E-state index contributed by atoms with van der Waals surface area (Å²) in [5, 5.41) is 30.8. The normalized spacial score (nSPS) is 15.3. The van der Waals surface area contributed by atoms with E-state index < -0.39 is 45.1 Å². The number of benzene rings is 2. The molecule has 38 heavy (non-hydrogen) atoms. The van der Waals surface area contributed by atoms with Crippen molar-refractivity contribution in [2.75, 3.05) is 24.5 Å². The molecule has 0 radical (unpaired) electrons. The quantitative estimate of drug-likeness (QED) is 0.311. The van der Waals surface area contributed by atoms with E-state index in [-0.39, 0.29) is 31.7 Å². The summed E-state index contributed by atoms with van der Waals surface area (Å²) < 4.78 is 19.1. The van der Waals surface area contributed by atoms with E-state index in [4.69, 9.17) is 4.74 Å². The monoisotopic (exact) mass is 662 g/mol. The number of nitro groups is 2. The number of hydrogen-bond donors (Lipinski definition) is 1. The minimum atomic E-state index is -1.05. The Hall–Kier alpha value is -3.33. The minimum Gasteiger partial charge on any atom is -0.481 e. The second-order valence-electron chi connectivity index (χ2n) is 9.11. The molecule has 1 saturated heterocycles. The molecule has 206 valence electrons. The number of carbonyl (C=O) groups is 2. The summed E-state index contributed by atoms with van der Waals surface area (Å²) in [6.45, 7) is 5.89. The highest BCUT2D eigenvalue weighted by Crippen LogP contribution is 2.34. The van der Waals surface area contributed by atoms with E-state index in [1.54, 1.807) is 37.8 Å². The number of halogens is 3. The number of ether oxygens (including phenoxy) is 1. The van der Waals surface area contributed by atoms with Gasteiger partial charge >= 0.3 is 17.7 Å². The lowest BCUT2D eigenvalue weighted by Gasteiger charge is -2.42. The summed E-state index contributed by atoms with van der Waals surface area (Å²) in [5.41, 5.74) is -0.962. The van der Waals surface area contributed by atoms with E-state index in [9.17, 15) is 39.3 Å². The van der Waals surface area contributed by atoms with E-state index in [1.807, 2.05) is 0 Å². The van der Waals surface area contributed by atoms with Crippen molar-refractivity contribution in [3.8, 4) is 0 Å². The molecule has 1 heterocycles. The lowest BCUT2D eigenvalue weighted by atomic mass is 10.1. The van der Waals surface area contributed by atoms with Gasteiger partial charge in [-0.05, 0) is 45.0 Å². The van der Waals surface area contributed by atoms with Gasteiger partial charge in [0.15, 0.2) is 0 Å². The highest BCUT2D eigenvalue weighted by molar-refractivity contribution is 9.10. The van der Waals surface area contributed by atoms with Crippen LogP contribution in [0.2, 0.25) is 0 Å². The number of aliphatic carboxylic acids is 1. The molecule has 1 fully saturated rings. The zero-order valence-electron chi connectivity index (χ0n) is 20.6. The van der Waals surface area contributed by atoms with Gasteiger partial charge in [-0.2, -0.15) is 4.39 Å². The van der Waals surface area contributed by atoms with E-state index in [0.29, 0.717) is 14.6 Å². The van der Waals surface area contributed by atoms with Crippen LogP contribution in [0, 0.1) is 26.0 Å². The number of rotatable bonds is 5. The number of anilines is 1. The maximum Gasteiger partial charge on any atom is 0.410 e. The van der Waals surface area contributed by atoms with Crippen LogP contribution in [0.3, 0.4) is 0 Å². The van der Waals surface area contributed by atoms with Crippen molar-refractivity contribution in [3.63, 3.8) is 0 Å². The van der Waals surface area contributed by atoms with Crippen LogP contribution in [-0.2, 0) is 9.53 Å². The Bertz CT molecular complexity index is 1220. The van der Waals surface area contributed by atoms with Crippen molar-refractivity contribution >= 4 is 61.0 Å². The molecule has 0 aliphatic carbocycles. The third-order valence-corrected chi connectivity index (χ3v) is 6.08. The van der Waals surface area contributed by atoms with Crippen LogP contribution in [0.25, 0.3) is 0 Å². The van der Waals surface area contributed by atoms with E-state index in [1.165, 1.54) is 17.0 Å². The van der Waals surface area contributed by atoms with Gasteiger partial charge in [-0.15, -0.1) is 0 Å². The number of nitrogens with zero attached hydrogens (tertiary/aromatic N) is 4. The first-order valence-electron chi connectivity index (χ1n) is 11.1. The van der Waals surface area contributed by atoms with Crippen LogP contribution in [0.1, 0.15) is 27.2 Å². The first kappa shape index (κ1) is 30.9. The molecule has 0 spiro atoms. The first-order valence-corrected chi connectivity index (χ1v) is 12.7. The molecule has 1 aliphatic rings. The maximum absolute atomic E-state index is 12.6. The smallest absolute Gasteiger partial charge is 0.410 e. The number of carbonyl (C=O) groups excluding carboxylic acids is 1. The Morgan fingerprint density at radius 1 is 1.05 bits per heavy atom. The number of piperazine rings is 1. The third kappa shape index (κ3) is 8.90. The highest BCUT2D eigenvalue weighted by atomic mass is 79.9. The second kappa shape index (κ2) is 13.0. The van der Waals surface area contributed by atoms with Gasteiger partial charge in [0, 0.05) is 40.7 Å². The Morgan fingerprint density at radius 3 is 2.11 bits per heavy atom. The van der Waals surface area contributed by atoms with Crippen LogP contribution >= 0.6 is 31.9 Å². The van der Waals surface area contributed by atoms with E-state index >= 15 is 0 Å². The van der Waals surface area contributed by atoms with Gasteiger partial charge in [-0.1, -0.05) is 31.9 Å². The van der Waals surface area contributed by atoms with Crippen LogP contribution in [0.4, 0.5) is 26.2 Å². The fraction of sp³-hybridized carbons (Fsp3) is 0.391. The van der Waals surface area contributed by atoms with Gasteiger partial charge in [0.25, 0.3) is 5.69 Å². The summed E-state index contributed by atoms with van der Waals surface area (Å²) in [7, 11) is 0. The average molecular weight is 664 g/mol. The number of hydrogen-bond acceptors (Lipinski definition) is 8. The molecular formula is C23H25Br2FN4O8. The Kier molecular flexibility index (Phi) is 10.5.